The third kappa shape index (κ3) is 4.89. The molecule has 106 valence electrons. The zero-order valence-corrected chi connectivity index (χ0v) is 12.2. The van der Waals surface area contributed by atoms with Gasteiger partial charge >= 0.3 is 0 Å². The van der Waals surface area contributed by atoms with E-state index in [0.29, 0.717) is 0 Å². The summed E-state index contributed by atoms with van der Waals surface area (Å²) in [4.78, 5) is 0. The first-order chi connectivity index (χ1) is 8.86. The smallest absolute Gasteiger partial charge is 0.00670 e. The summed E-state index contributed by atoms with van der Waals surface area (Å²) >= 11 is 0. The summed E-state index contributed by atoms with van der Waals surface area (Å²) in [5.74, 6) is 1.81. The van der Waals surface area contributed by atoms with Crippen molar-refractivity contribution in [1.82, 2.24) is 10.6 Å². The van der Waals surface area contributed by atoms with E-state index >= 15 is 0 Å². The van der Waals surface area contributed by atoms with Gasteiger partial charge in [-0.3, -0.25) is 0 Å². The maximum atomic E-state index is 3.81. The number of rotatable bonds is 5. The molecule has 2 N–H and O–H groups in total. The fourth-order valence-electron chi connectivity index (χ4n) is 3.60. The van der Waals surface area contributed by atoms with E-state index in [-0.39, 0.29) is 0 Å². The fraction of sp³-hybridized carbons (Fsp3) is 1.00. The van der Waals surface area contributed by atoms with Crippen LogP contribution in [0.4, 0.5) is 0 Å². The van der Waals surface area contributed by atoms with Gasteiger partial charge in [-0.05, 0) is 63.6 Å². The monoisotopic (exact) mass is 252 g/mol. The maximum absolute atomic E-state index is 3.81. The fourth-order valence-corrected chi connectivity index (χ4v) is 3.60. The molecule has 1 heterocycles. The molecule has 0 aromatic rings. The second-order valence-electron chi connectivity index (χ2n) is 6.52. The van der Waals surface area contributed by atoms with Gasteiger partial charge < -0.3 is 10.6 Å². The van der Waals surface area contributed by atoms with Crippen LogP contribution in [0.5, 0.6) is 0 Å². The summed E-state index contributed by atoms with van der Waals surface area (Å²) in [6.07, 6.45) is 12.8. The van der Waals surface area contributed by atoms with E-state index in [4.69, 9.17) is 0 Å². The minimum Gasteiger partial charge on any atom is -0.316 e. The van der Waals surface area contributed by atoms with Crippen LogP contribution in [0.2, 0.25) is 0 Å². The highest BCUT2D eigenvalue weighted by Crippen LogP contribution is 2.22. The van der Waals surface area contributed by atoms with Gasteiger partial charge in [0.2, 0.25) is 0 Å². The Balaban J connectivity index is 1.58. The molecular formula is C16H32N2. The molecule has 1 saturated carbocycles. The molecule has 18 heavy (non-hydrogen) atoms. The van der Waals surface area contributed by atoms with Crippen LogP contribution >= 0.6 is 0 Å². The molecule has 0 radical (unpaired) electrons. The highest BCUT2D eigenvalue weighted by molar-refractivity contribution is 4.76. The van der Waals surface area contributed by atoms with E-state index in [1.165, 1.54) is 77.4 Å². The first kappa shape index (κ1) is 14.3. The van der Waals surface area contributed by atoms with Crippen LogP contribution < -0.4 is 10.6 Å². The van der Waals surface area contributed by atoms with Crippen LogP contribution in [0.15, 0.2) is 0 Å². The van der Waals surface area contributed by atoms with Gasteiger partial charge in [0.1, 0.15) is 0 Å². The number of nitrogens with one attached hydrogen (secondary N) is 2. The summed E-state index contributed by atoms with van der Waals surface area (Å²) in [7, 11) is 0. The van der Waals surface area contributed by atoms with Crippen molar-refractivity contribution in [3.63, 3.8) is 0 Å². The molecule has 2 heteroatoms. The van der Waals surface area contributed by atoms with Gasteiger partial charge in [0, 0.05) is 6.04 Å². The van der Waals surface area contributed by atoms with Gasteiger partial charge in [-0.15, -0.1) is 0 Å². The minimum atomic E-state index is 0.823. The molecule has 0 spiro atoms. The van der Waals surface area contributed by atoms with Crippen LogP contribution in [-0.2, 0) is 0 Å². The quantitative estimate of drug-likeness (QED) is 0.734. The van der Waals surface area contributed by atoms with Crippen molar-refractivity contribution in [2.75, 3.05) is 19.6 Å². The summed E-state index contributed by atoms with van der Waals surface area (Å²) in [6.45, 7) is 6.18. The lowest BCUT2D eigenvalue weighted by Crippen LogP contribution is -2.35. The Bertz CT molecular complexity index is 203. The number of hydrogen-bond acceptors (Lipinski definition) is 2. The number of hydrogen-bond donors (Lipinski definition) is 2. The van der Waals surface area contributed by atoms with Crippen LogP contribution in [0.1, 0.15) is 64.7 Å². The van der Waals surface area contributed by atoms with E-state index in [1.54, 1.807) is 0 Å². The van der Waals surface area contributed by atoms with Crippen molar-refractivity contribution in [2.45, 2.75) is 70.8 Å². The molecule has 1 aliphatic heterocycles. The van der Waals surface area contributed by atoms with Gasteiger partial charge in [-0.2, -0.15) is 0 Å². The molecule has 2 fully saturated rings. The van der Waals surface area contributed by atoms with Crippen LogP contribution in [-0.4, -0.2) is 25.7 Å². The van der Waals surface area contributed by atoms with Crippen LogP contribution in [0, 0.1) is 11.8 Å². The van der Waals surface area contributed by atoms with E-state index in [9.17, 15) is 0 Å². The molecule has 2 aliphatic rings. The zero-order valence-electron chi connectivity index (χ0n) is 12.2. The van der Waals surface area contributed by atoms with Gasteiger partial charge in [-0.1, -0.05) is 32.6 Å². The highest BCUT2D eigenvalue weighted by atomic mass is 14.9. The van der Waals surface area contributed by atoms with Crippen molar-refractivity contribution >= 4 is 0 Å². The lowest BCUT2D eigenvalue weighted by molar-refractivity contribution is 0.262. The average Bonchev–Trinajstić information content (AvgIpc) is 2.68. The van der Waals surface area contributed by atoms with Crippen molar-refractivity contribution in [2.24, 2.45) is 11.8 Å². The van der Waals surface area contributed by atoms with Gasteiger partial charge in [0.25, 0.3) is 0 Å². The largest absolute Gasteiger partial charge is 0.316 e. The normalized spacial score (nSPS) is 28.8. The molecule has 1 aliphatic carbocycles. The zero-order chi connectivity index (χ0) is 12.6. The molecule has 0 aromatic carbocycles. The molecule has 0 bridgehead atoms. The Hall–Kier alpha value is -0.0800. The van der Waals surface area contributed by atoms with Gasteiger partial charge in [0.15, 0.2) is 0 Å². The Morgan fingerprint density at radius 3 is 2.50 bits per heavy atom. The first-order valence-electron chi connectivity index (χ1n) is 8.30. The maximum Gasteiger partial charge on any atom is 0.00670 e. The second-order valence-corrected chi connectivity index (χ2v) is 6.52. The third-order valence-corrected chi connectivity index (χ3v) is 5.03. The summed E-state index contributed by atoms with van der Waals surface area (Å²) in [5, 5.41) is 7.35. The lowest BCUT2D eigenvalue weighted by Gasteiger charge is -2.29. The topological polar surface area (TPSA) is 24.1 Å². The second kappa shape index (κ2) is 8.16. The molecule has 2 rings (SSSR count). The summed E-state index contributed by atoms with van der Waals surface area (Å²) in [5.41, 5.74) is 0. The molecule has 0 aromatic heterocycles. The third-order valence-electron chi connectivity index (χ3n) is 5.03. The van der Waals surface area contributed by atoms with E-state index in [1.807, 2.05) is 0 Å². The van der Waals surface area contributed by atoms with Crippen LogP contribution in [0.3, 0.4) is 0 Å². The minimum absolute atomic E-state index is 0.823. The van der Waals surface area contributed by atoms with Crippen molar-refractivity contribution in [3.05, 3.63) is 0 Å². The highest BCUT2D eigenvalue weighted by Gasteiger charge is 2.19. The van der Waals surface area contributed by atoms with E-state index in [0.717, 1.165) is 17.9 Å². The Labute approximate surface area is 113 Å². The summed E-state index contributed by atoms with van der Waals surface area (Å²) in [6, 6.07) is 0.823. The lowest BCUT2D eigenvalue weighted by atomic mass is 9.85. The SMILES string of the molecule is CC(CCNC1CCCCCC1)C1CCCNC1. The van der Waals surface area contributed by atoms with E-state index in [2.05, 4.69) is 17.6 Å². The predicted molar refractivity (Wildman–Crippen MR) is 78.9 cm³/mol. The number of piperidine rings is 1. The van der Waals surface area contributed by atoms with Crippen molar-refractivity contribution in [1.29, 1.82) is 0 Å². The molecular weight excluding hydrogens is 220 g/mol. The summed E-state index contributed by atoms with van der Waals surface area (Å²) < 4.78 is 0. The van der Waals surface area contributed by atoms with Gasteiger partial charge in [-0.25, -0.2) is 0 Å². The van der Waals surface area contributed by atoms with Crippen LogP contribution in [0.25, 0.3) is 0 Å². The Morgan fingerprint density at radius 2 is 1.83 bits per heavy atom. The molecule has 1 saturated heterocycles. The predicted octanol–water partition coefficient (Wildman–Crippen LogP) is 3.32. The van der Waals surface area contributed by atoms with Crippen molar-refractivity contribution in [3.8, 4) is 0 Å². The first-order valence-corrected chi connectivity index (χ1v) is 8.30. The Morgan fingerprint density at radius 1 is 1.06 bits per heavy atom. The average molecular weight is 252 g/mol. The Kier molecular flexibility index (Phi) is 6.50. The van der Waals surface area contributed by atoms with E-state index < -0.39 is 0 Å². The standard InChI is InChI=1S/C16H32N2/c1-14(15-7-6-11-17-13-15)10-12-18-16-8-4-2-3-5-9-16/h14-18H,2-13H2,1H3. The molecule has 2 atom stereocenters. The molecule has 0 amide bonds. The molecule has 2 nitrogen and oxygen atoms in total. The van der Waals surface area contributed by atoms with Gasteiger partial charge in [0.05, 0.1) is 0 Å². The molecule has 2 unspecified atom stereocenters. The van der Waals surface area contributed by atoms with Crippen molar-refractivity contribution < 1.29 is 0 Å².